The molecule has 0 saturated heterocycles. The minimum absolute atomic E-state index is 0.0248. The van der Waals surface area contributed by atoms with E-state index in [1.165, 1.54) is 6.07 Å². The molecule has 28 heavy (non-hydrogen) atoms. The summed E-state index contributed by atoms with van der Waals surface area (Å²) in [6.45, 7) is 4.74. The smallest absolute Gasteiger partial charge is 0.407 e. The van der Waals surface area contributed by atoms with Crippen molar-refractivity contribution in [3.8, 4) is 0 Å². The lowest BCUT2D eigenvalue weighted by atomic mass is 10.1. The van der Waals surface area contributed by atoms with Crippen molar-refractivity contribution in [3.05, 3.63) is 42.5 Å². The lowest BCUT2D eigenvalue weighted by molar-refractivity contribution is -0.142. The van der Waals surface area contributed by atoms with E-state index in [-0.39, 0.29) is 11.4 Å². The first kappa shape index (κ1) is 21.6. The number of methoxy groups -OCH3 is 1. The van der Waals surface area contributed by atoms with Crippen LogP contribution in [0.1, 0.15) is 20.8 Å². The number of carbonyl (C=O) groups is 2. The Kier molecular flexibility index (Phi) is 6.63. The first-order valence-electron chi connectivity index (χ1n) is 8.58. The van der Waals surface area contributed by atoms with Crippen LogP contribution in [0.25, 0.3) is 10.8 Å². The summed E-state index contributed by atoms with van der Waals surface area (Å²) in [7, 11) is -2.93. The molecule has 2 rings (SSSR count). The van der Waals surface area contributed by atoms with Crippen molar-refractivity contribution in [1.82, 2.24) is 10.0 Å². The Morgan fingerprint density at radius 2 is 1.71 bits per heavy atom. The summed E-state index contributed by atoms with van der Waals surface area (Å²) >= 11 is 0. The van der Waals surface area contributed by atoms with Crippen LogP contribution in [-0.4, -0.2) is 45.8 Å². The maximum absolute atomic E-state index is 12.9. The van der Waals surface area contributed by atoms with Gasteiger partial charge in [-0.05, 0) is 32.2 Å². The van der Waals surface area contributed by atoms with E-state index in [2.05, 4.69) is 14.8 Å². The number of alkyl carbamates (subject to hydrolysis) is 1. The van der Waals surface area contributed by atoms with Crippen molar-refractivity contribution in [2.45, 2.75) is 37.3 Å². The molecule has 8 nitrogen and oxygen atoms in total. The fourth-order valence-electron chi connectivity index (χ4n) is 2.50. The van der Waals surface area contributed by atoms with Gasteiger partial charge in [0.05, 0.1) is 12.0 Å². The zero-order valence-electron chi connectivity index (χ0n) is 16.2. The van der Waals surface area contributed by atoms with E-state index >= 15 is 0 Å². The van der Waals surface area contributed by atoms with Crippen LogP contribution in [0.15, 0.2) is 47.4 Å². The van der Waals surface area contributed by atoms with Crippen LogP contribution >= 0.6 is 0 Å². The molecule has 1 atom stereocenters. The van der Waals surface area contributed by atoms with Gasteiger partial charge >= 0.3 is 12.1 Å². The van der Waals surface area contributed by atoms with E-state index in [1.807, 2.05) is 0 Å². The highest BCUT2D eigenvalue weighted by Crippen LogP contribution is 2.22. The van der Waals surface area contributed by atoms with Gasteiger partial charge in [0, 0.05) is 11.9 Å². The molecule has 0 spiro atoms. The van der Waals surface area contributed by atoms with Crippen LogP contribution in [0.2, 0.25) is 0 Å². The highest BCUT2D eigenvalue weighted by molar-refractivity contribution is 7.89. The number of carbonyl (C=O) groups excluding carboxylic acids is 2. The SMILES string of the molecule is COC(=O)[C@H](CNC(=O)OC(C)(C)C)NS(=O)(=O)c1cccc2ccccc12. The van der Waals surface area contributed by atoms with Gasteiger partial charge in [0.1, 0.15) is 11.6 Å². The van der Waals surface area contributed by atoms with E-state index in [4.69, 9.17) is 4.74 Å². The van der Waals surface area contributed by atoms with Crippen LogP contribution < -0.4 is 10.0 Å². The minimum atomic E-state index is -4.07. The summed E-state index contributed by atoms with van der Waals surface area (Å²) in [5.41, 5.74) is -0.729. The zero-order valence-corrected chi connectivity index (χ0v) is 17.0. The fourth-order valence-corrected chi connectivity index (χ4v) is 3.91. The number of benzene rings is 2. The lowest BCUT2D eigenvalue weighted by Gasteiger charge is -2.22. The number of sulfonamides is 1. The fraction of sp³-hybridized carbons (Fsp3) is 0.368. The number of esters is 1. The molecule has 1 amide bonds. The quantitative estimate of drug-likeness (QED) is 0.709. The van der Waals surface area contributed by atoms with Gasteiger partial charge in [0.25, 0.3) is 0 Å². The van der Waals surface area contributed by atoms with Gasteiger partial charge in [-0.15, -0.1) is 0 Å². The number of amides is 1. The third-order valence-corrected chi connectivity index (χ3v) is 5.20. The van der Waals surface area contributed by atoms with Gasteiger partial charge in [-0.1, -0.05) is 36.4 Å². The monoisotopic (exact) mass is 408 g/mol. The van der Waals surface area contributed by atoms with Gasteiger partial charge in [-0.25, -0.2) is 13.2 Å². The van der Waals surface area contributed by atoms with Crippen molar-refractivity contribution >= 4 is 32.9 Å². The van der Waals surface area contributed by atoms with Crippen molar-refractivity contribution in [2.75, 3.05) is 13.7 Å². The van der Waals surface area contributed by atoms with E-state index in [0.29, 0.717) is 5.39 Å². The second-order valence-electron chi connectivity index (χ2n) is 7.06. The number of ether oxygens (including phenoxy) is 2. The highest BCUT2D eigenvalue weighted by atomic mass is 32.2. The van der Waals surface area contributed by atoms with Gasteiger partial charge < -0.3 is 14.8 Å². The molecule has 0 bridgehead atoms. The third kappa shape index (κ3) is 5.67. The Morgan fingerprint density at radius 1 is 1.07 bits per heavy atom. The average Bonchev–Trinajstić information content (AvgIpc) is 2.62. The largest absolute Gasteiger partial charge is 0.468 e. The summed E-state index contributed by atoms with van der Waals surface area (Å²) in [5.74, 6) is -0.833. The maximum Gasteiger partial charge on any atom is 0.407 e. The first-order chi connectivity index (χ1) is 13.0. The molecule has 152 valence electrons. The van der Waals surface area contributed by atoms with Crippen LogP contribution in [0, 0.1) is 0 Å². The molecule has 9 heteroatoms. The molecule has 0 aliphatic rings. The Morgan fingerprint density at radius 3 is 2.36 bits per heavy atom. The molecule has 0 unspecified atom stereocenters. The van der Waals surface area contributed by atoms with Crippen molar-refractivity contribution in [3.63, 3.8) is 0 Å². The van der Waals surface area contributed by atoms with E-state index in [9.17, 15) is 18.0 Å². The molecule has 0 aromatic heterocycles. The second kappa shape index (κ2) is 8.57. The topological polar surface area (TPSA) is 111 Å². The second-order valence-corrected chi connectivity index (χ2v) is 8.74. The Bertz CT molecular complexity index is 961. The summed E-state index contributed by atoms with van der Waals surface area (Å²) in [4.78, 5) is 23.9. The molecule has 0 saturated carbocycles. The van der Waals surface area contributed by atoms with Crippen LogP contribution in [0.4, 0.5) is 4.79 Å². The van der Waals surface area contributed by atoms with Crippen LogP contribution in [-0.2, 0) is 24.3 Å². The predicted molar refractivity (Wildman–Crippen MR) is 104 cm³/mol. The summed E-state index contributed by atoms with van der Waals surface area (Å²) < 4.78 is 37.8. The van der Waals surface area contributed by atoms with Gasteiger partial charge in [0.15, 0.2) is 0 Å². The molecule has 2 aromatic carbocycles. The van der Waals surface area contributed by atoms with Gasteiger partial charge in [-0.2, -0.15) is 4.72 Å². The van der Waals surface area contributed by atoms with Crippen molar-refractivity contribution in [2.24, 2.45) is 0 Å². The molecular weight excluding hydrogens is 384 g/mol. The molecule has 0 heterocycles. The number of rotatable bonds is 6. The molecule has 0 radical (unpaired) electrons. The number of hydrogen-bond donors (Lipinski definition) is 2. The molecule has 2 N–H and O–H groups in total. The van der Waals surface area contributed by atoms with E-state index < -0.39 is 33.7 Å². The standard InChI is InChI=1S/C19H24N2O6S/c1-19(2,3)27-18(23)20-12-15(17(22)26-4)21-28(24,25)16-11-7-9-13-8-5-6-10-14(13)16/h5-11,15,21H,12H2,1-4H3,(H,20,23)/t15-/m0/s1. The Balaban J connectivity index is 2.23. The summed E-state index contributed by atoms with van der Waals surface area (Å²) in [6, 6.07) is 10.5. The predicted octanol–water partition coefficient (Wildman–Crippen LogP) is 2.18. The normalized spacial score (nSPS) is 13.0. The number of hydrogen-bond acceptors (Lipinski definition) is 6. The molecule has 0 aliphatic carbocycles. The molecule has 0 aliphatic heterocycles. The maximum atomic E-state index is 12.9. The molecule has 2 aromatic rings. The highest BCUT2D eigenvalue weighted by Gasteiger charge is 2.28. The summed E-state index contributed by atoms with van der Waals surface area (Å²) in [6.07, 6.45) is -0.772. The van der Waals surface area contributed by atoms with Gasteiger partial charge in [0.2, 0.25) is 10.0 Å². The van der Waals surface area contributed by atoms with Gasteiger partial charge in [-0.3, -0.25) is 4.79 Å². The molecule has 0 fully saturated rings. The number of fused-ring (bicyclic) bond motifs is 1. The van der Waals surface area contributed by atoms with Crippen LogP contribution in [0.3, 0.4) is 0 Å². The van der Waals surface area contributed by atoms with E-state index in [1.54, 1.807) is 57.2 Å². The summed E-state index contributed by atoms with van der Waals surface area (Å²) in [5, 5.41) is 3.63. The van der Waals surface area contributed by atoms with Crippen molar-refractivity contribution < 1.29 is 27.5 Å². The van der Waals surface area contributed by atoms with Crippen molar-refractivity contribution in [1.29, 1.82) is 0 Å². The first-order valence-corrected chi connectivity index (χ1v) is 10.1. The Labute approximate surface area is 164 Å². The third-order valence-electron chi connectivity index (χ3n) is 3.67. The zero-order chi connectivity index (χ0) is 20.9. The average molecular weight is 408 g/mol. The minimum Gasteiger partial charge on any atom is -0.468 e. The van der Waals surface area contributed by atoms with E-state index in [0.717, 1.165) is 12.5 Å². The number of nitrogens with one attached hydrogen (secondary N) is 2. The van der Waals surface area contributed by atoms with Crippen LogP contribution in [0.5, 0.6) is 0 Å². The molecular formula is C19H24N2O6S. The Hall–Kier alpha value is -2.65. The lowest BCUT2D eigenvalue weighted by Crippen LogP contribution is -2.49.